The first-order valence-electron chi connectivity index (χ1n) is 9.94. The number of benzene rings is 2. The van der Waals surface area contributed by atoms with Gasteiger partial charge in [-0.25, -0.2) is 4.90 Å². The molecule has 1 N–H and O–H groups in total. The number of ether oxygens (including phenoxy) is 1. The summed E-state index contributed by atoms with van der Waals surface area (Å²) in [6, 6.07) is 11.6. The van der Waals surface area contributed by atoms with Gasteiger partial charge in [-0.3, -0.25) is 9.59 Å². The molecule has 4 aliphatic heterocycles. The first-order chi connectivity index (χ1) is 13.7. The Morgan fingerprint density at radius 2 is 1.86 bits per heavy atom. The molecule has 0 aromatic heterocycles. The van der Waals surface area contributed by atoms with Gasteiger partial charge in [0.2, 0.25) is 0 Å². The van der Waals surface area contributed by atoms with Crippen molar-refractivity contribution < 1.29 is 14.3 Å². The fourth-order valence-electron chi connectivity index (χ4n) is 5.32. The molecule has 1 fully saturated rings. The van der Waals surface area contributed by atoms with Crippen LogP contribution in [0.25, 0.3) is 0 Å². The summed E-state index contributed by atoms with van der Waals surface area (Å²) in [5.74, 6) is -0.0957. The van der Waals surface area contributed by atoms with Gasteiger partial charge in [-0.1, -0.05) is 12.1 Å². The lowest BCUT2D eigenvalue weighted by atomic mass is 9.89. The molecule has 6 rings (SSSR count). The topological polar surface area (TPSA) is 61.9 Å². The number of imide groups is 1. The highest BCUT2D eigenvalue weighted by molar-refractivity contribution is 6.34. The van der Waals surface area contributed by atoms with E-state index in [0.29, 0.717) is 42.0 Å². The second kappa shape index (κ2) is 5.90. The fourth-order valence-corrected chi connectivity index (χ4v) is 5.32. The Morgan fingerprint density at radius 3 is 2.64 bits per heavy atom. The second-order valence-corrected chi connectivity index (χ2v) is 7.95. The van der Waals surface area contributed by atoms with Crippen molar-refractivity contribution in [1.82, 2.24) is 5.32 Å². The van der Waals surface area contributed by atoms with E-state index in [1.165, 1.54) is 16.2 Å². The minimum atomic E-state index is -0.240. The van der Waals surface area contributed by atoms with Gasteiger partial charge in [-0.15, -0.1) is 0 Å². The lowest BCUT2D eigenvalue weighted by Crippen LogP contribution is -2.45. The maximum Gasteiger partial charge on any atom is 0.266 e. The molecule has 0 saturated carbocycles. The third-order valence-electron chi connectivity index (χ3n) is 6.52. The lowest BCUT2D eigenvalue weighted by Gasteiger charge is -2.33. The molecule has 1 saturated heterocycles. The third kappa shape index (κ3) is 2.10. The minimum Gasteiger partial charge on any atom is -0.375 e. The molecule has 0 radical (unpaired) electrons. The monoisotopic (exact) mass is 375 g/mol. The number of nitrogens with zero attached hydrogens (tertiary/aromatic N) is 2. The van der Waals surface area contributed by atoms with Gasteiger partial charge in [0, 0.05) is 36.3 Å². The van der Waals surface area contributed by atoms with Crippen LogP contribution in [0.1, 0.15) is 44.2 Å². The summed E-state index contributed by atoms with van der Waals surface area (Å²) in [6.07, 6.45) is 1.10. The van der Waals surface area contributed by atoms with Crippen LogP contribution < -0.4 is 15.1 Å². The van der Waals surface area contributed by atoms with E-state index >= 15 is 0 Å². The van der Waals surface area contributed by atoms with Crippen LogP contribution in [0, 0.1) is 0 Å². The maximum absolute atomic E-state index is 13.0. The molecular formula is C22H21N3O3. The summed E-state index contributed by atoms with van der Waals surface area (Å²) < 4.78 is 5.85. The smallest absolute Gasteiger partial charge is 0.266 e. The normalized spacial score (nSPS) is 25.4. The summed E-state index contributed by atoms with van der Waals surface area (Å²) in [7, 11) is 0. The van der Waals surface area contributed by atoms with Crippen molar-refractivity contribution in [2.24, 2.45) is 0 Å². The Balaban J connectivity index is 1.50. The molecule has 2 aromatic carbocycles. The summed E-state index contributed by atoms with van der Waals surface area (Å²) >= 11 is 0. The van der Waals surface area contributed by atoms with Gasteiger partial charge in [0.1, 0.15) is 0 Å². The number of hydrogen-bond donors (Lipinski definition) is 1. The molecule has 2 atom stereocenters. The van der Waals surface area contributed by atoms with E-state index in [1.807, 2.05) is 6.07 Å². The average Bonchev–Trinajstić information content (AvgIpc) is 3.06. The standard InChI is InChI=1S/C22H21N3O3/c26-21-15-3-1-2-4-16(15)22(27)25(21)14-9-13-12-28-8-7-24-19-5-6-23-11-18(19)17(10-14)20(13)24/h1-4,9-10,18-19,23H,5-8,11-12H2. The number of fused-ring (bicyclic) bond motifs is 4. The number of hydrogen-bond acceptors (Lipinski definition) is 5. The van der Waals surface area contributed by atoms with E-state index in [1.54, 1.807) is 24.3 Å². The first kappa shape index (κ1) is 16.3. The van der Waals surface area contributed by atoms with E-state index in [4.69, 9.17) is 4.74 Å². The molecule has 28 heavy (non-hydrogen) atoms. The number of carbonyl (C=O) groups is 2. The molecule has 4 aliphatic rings. The van der Waals surface area contributed by atoms with Crippen LogP contribution in [0.5, 0.6) is 0 Å². The van der Waals surface area contributed by atoms with Crippen molar-refractivity contribution in [1.29, 1.82) is 0 Å². The predicted octanol–water partition coefficient (Wildman–Crippen LogP) is 2.28. The van der Waals surface area contributed by atoms with Crippen LogP contribution in [0.3, 0.4) is 0 Å². The lowest BCUT2D eigenvalue weighted by molar-refractivity contribution is 0.0926. The zero-order valence-electron chi connectivity index (χ0n) is 15.5. The zero-order valence-corrected chi connectivity index (χ0v) is 15.5. The van der Waals surface area contributed by atoms with Crippen molar-refractivity contribution in [3.05, 3.63) is 58.7 Å². The van der Waals surface area contributed by atoms with Crippen LogP contribution in [0.15, 0.2) is 36.4 Å². The number of carbonyl (C=O) groups excluding carboxylic acids is 2. The Morgan fingerprint density at radius 1 is 1.07 bits per heavy atom. The first-order valence-corrected chi connectivity index (χ1v) is 9.94. The highest BCUT2D eigenvalue weighted by Crippen LogP contribution is 2.48. The van der Waals surface area contributed by atoms with Crippen LogP contribution in [-0.2, 0) is 11.3 Å². The van der Waals surface area contributed by atoms with E-state index in [9.17, 15) is 9.59 Å². The van der Waals surface area contributed by atoms with Gasteiger partial charge < -0.3 is 15.0 Å². The predicted molar refractivity (Wildman–Crippen MR) is 105 cm³/mol. The summed E-state index contributed by atoms with van der Waals surface area (Å²) in [4.78, 5) is 29.8. The largest absolute Gasteiger partial charge is 0.375 e. The second-order valence-electron chi connectivity index (χ2n) is 7.95. The van der Waals surface area contributed by atoms with Gasteiger partial charge in [0.25, 0.3) is 11.8 Å². The Labute approximate surface area is 163 Å². The molecule has 2 aromatic rings. The Bertz CT molecular complexity index is 983. The third-order valence-corrected chi connectivity index (χ3v) is 6.52. The van der Waals surface area contributed by atoms with E-state index in [0.717, 1.165) is 31.6 Å². The maximum atomic E-state index is 13.0. The van der Waals surface area contributed by atoms with Gasteiger partial charge in [-0.2, -0.15) is 0 Å². The summed E-state index contributed by atoms with van der Waals surface area (Å²) in [5, 5.41) is 3.51. The van der Waals surface area contributed by atoms with E-state index < -0.39 is 0 Å². The molecule has 2 amide bonds. The fraction of sp³-hybridized carbons (Fsp3) is 0.364. The van der Waals surface area contributed by atoms with Crippen molar-refractivity contribution in [3.63, 3.8) is 0 Å². The highest BCUT2D eigenvalue weighted by Gasteiger charge is 2.43. The quantitative estimate of drug-likeness (QED) is 0.775. The molecule has 4 heterocycles. The summed E-state index contributed by atoms with van der Waals surface area (Å²) in [5.41, 5.74) is 5.21. The van der Waals surface area contributed by atoms with Crippen LogP contribution in [0.2, 0.25) is 0 Å². The minimum absolute atomic E-state index is 0.240. The molecular weight excluding hydrogens is 354 g/mol. The number of piperidine rings is 1. The van der Waals surface area contributed by atoms with Gasteiger partial charge >= 0.3 is 0 Å². The zero-order chi connectivity index (χ0) is 18.8. The molecule has 0 spiro atoms. The van der Waals surface area contributed by atoms with E-state index in [2.05, 4.69) is 16.3 Å². The van der Waals surface area contributed by atoms with E-state index in [-0.39, 0.29) is 11.8 Å². The van der Waals surface area contributed by atoms with Gasteiger partial charge in [0.15, 0.2) is 0 Å². The molecule has 0 aliphatic carbocycles. The van der Waals surface area contributed by atoms with Crippen molar-refractivity contribution in [2.45, 2.75) is 25.0 Å². The molecule has 6 nitrogen and oxygen atoms in total. The molecule has 6 heteroatoms. The Kier molecular flexibility index (Phi) is 3.43. The SMILES string of the molecule is O=C1c2ccccc2C(=O)N1c1cc2c3c(c1)C1CNCCC1N3CCOC2. The van der Waals surface area contributed by atoms with Crippen LogP contribution in [-0.4, -0.2) is 44.1 Å². The number of rotatable bonds is 1. The number of nitrogens with one attached hydrogen (secondary N) is 1. The highest BCUT2D eigenvalue weighted by atomic mass is 16.5. The molecule has 142 valence electrons. The van der Waals surface area contributed by atoms with Crippen LogP contribution >= 0.6 is 0 Å². The molecule has 2 unspecified atom stereocenters. The van der Waals surface area contributed by atoms with Gasteiger partial charge in [-0.05, 0) is 42.8 Å². The van der Waals surface area contributed by atoms with Crippen LogP contribution in [0.4, 0.5) is 11.4 Å². The average molecular weight is 375 g/mol. The molecule has 0 bridgehead atoms. The Hall–Kier alpha value is -2.70. The number of anilines is 2. The van der Waals surface area contributed by atoms with Gasteiger partial charge in [0.05, 0.1) is 30.0 Å². The van der Waals surface area contributed by atoms with Crippen molar-refractivity contribution >= 4 is 23.2 Å². The van der Waals surface area contributed by atoms with Crippen molar-refractivity contribution in [3.8, 4) is 0 Å². The summed E-state index contributed by atoms with van der Waals surface area (Å²) in [6.45, 7) is 4.07. The number of amides is 2. The van der Waals surface area contributed by atoms with Crippen molar-refractivity contribution in [2.75, 3.05) is 36.0 Å².